The average Bonchev–Trinajstić information content (AvgIpc) is 3.19. The maximum absolute atomic E-state index is 12.4. The maximum atomic E-state index is 12.4. The summed E-state index contributed by atoms with van der Waals surface area (Å²) in [5.74, 6) is -0.139. The van der Waals surface area contributed by atoms with Gasteiger partial charge in [-0.1, -0.05) is 29.3 Å². The second-order valence-corrected chi connectivity index (χ2v) is 7.95. The zero-order valence-electron chi connectivity index (χ0n) is 15.8. The fourth-order valence-electron chi connectivity index (χ4n) is 2.60. The Kier molecular flexibility index (Phi) is 6.81. The summed E-state index contributed by atoms with van der Waals surface area (Å²) in [7, 11) is 0. The molecule has 0 aliphatic rings. The van der Waals surface area contributed by atoms with Crippen LogP contribution in [-0.2, 0) is 4.79 Å². The molecule has 0 aliphatic heterocycles. The molecule has 0 unspecified atom stereocenters. The Bertz CT molecular complexity index is 1280. The highest BCUT2D eigenvalue weighted by Crippen LogP contribution is 2.37. The van der Waals surface area contributed by atoms with E-state index in [0.717, 1.165) is 5.56 Å². The van der Waals surface area contributed by atoms with Crippen molar-refractivity contribution >= 4 is 62.5 Å². The molecule has 0 saturated heterocycles. The van der Waals surface area contributed by atoms with Gasteiger partial charge in [0.25, 0.3) is 11.6 Å². The molecule has 0 fully saturated rings. The number of carbonyl (C=O) groups excluding carboxylic acids is 1. The van der Waals surface area contributed by atoms with Gasteiger partial charge in [0.15, 0.2) is 0 Å². The topological polar surface area (TPSA) is 109 Å². The van der Waals surface area contributed by atoms with E-state index in [-0.39, 0.29) is 32.3 Å². The van der Waals surface area contributed by atoms with Crippen LogP contribution in [0.2, 0.25) is 10.0 Å². The van der Waals surface area contributed by atoms with Crippen molar-refractivity contribution in [1.82, 2.24) is 0 Å². The zero-order chi connectivity index (χ0) is 22.7. The molecule has 0 radical (unpaired) electrons. The van der Waals surface area contributed by atoms with Crippen LogP contribution in [0.15, 0.2) is 56.9 Å². The first-order chi connectivity index (χ1) is 14.7. The van der Waals surface area contributed by atoms with Crippen molar-refractivity contribution in [3.05, 3.63) is 84.0 Å². The standard InChI is InChI=1S/C21H12BrCl2N3O4/c1-11-2-3-14(9-16(11)23)26-21(28)13(10-25)6-15-4-5-19(31-15)12-7-17(24)20(22)18(8-12)27(29)30/h2-9H,1H3,(H,26,28)/b13-6-. The van der Waals surface area contributed by atoms with Crippen LogP contribution < -0.4 is 5.32 Å². The van der Waals surface area contributed by atoms with Gasteiger partial charge in [0.2, 0.25) is 0 Å². The predicted molar refractivity (Wildman–Crippen MR) is 122 cm³/mol. The number of amides is 1. The monoisotopic (exact) mass is 519 g/mol. The minimum Gasteiger partial charge on any atom is -0.457 e. The fourth-order valence-corrected chi connectivity index (χ4v) is 3.36. The molecule has 156 valence electrons. The Labute approximate surface area is 195 Å². The van der Waals surface area contributed by atoms with Gasteiger partial charge in [0, 0.05) is 28.4 Å². The summed E-state index contributed by atoms with van der Waals surface area (Å²) < 4.78 is 5.80. The van der Waals surface area contributed by atoms with Gasteiger partial charge in [-0.25, -0.2) is 0 Å². The van der Waals surface area contributed by atoms with Gasteiger partial charge >= 0.3 is 0 Å². The van der Waals surface area contributed by atoms with Crippen molar-refractivity contribution in [2.75, 3.05) is 5.32 Å². The number of aryl methyl sites for hydroxylation is 1. The van der Waals surface area contributed by atoms with Gasteiger partial charge in [-0.05, 0) is 58.7 Å². The molecule has 1 N–H and O–H groups in total. The Morgan fingerprint density at radius 2 is 1.97 bits per heavy atom. The average molecular weight is 521 g/mol. The van der Waals surface area contributed by atoms with Crippen LogP contribution in [0.3, 0.4) is 0 Å². The number of nitrogens with zero attached hydrogens (tertiary/aromatic N) is 2. The fraction of sp³-hybridized carbons (Fsp3) is 0.0476. The first kappa shape index (κ1) is 22.6. The lowest BCUT2D eigenvalue weighted by Crippen LogP contribution is -2.13. The third-order valence-corrected chi connectivity index (χ3v) is 5.97. The number of halogens is 3. The molecule has 0 spiro atoms. The van der Waals surface area contributed by atoms with E-state index in [0.29, 0.717) is 16.3 Å². The molecule has 0 aliphatic carbocycles. The van der Waals surface area contributed by atoms with Gasteiger partial charge in [-0.15, -0.1) is 0 Å². The Morgan fingerprint density at radius 3 is 2.61 bits per heavy atom. The van der Waals surface area contributed by atoms with Crippen LogP contribution in [0.4, 0.5) is 11.4 Å². The summed E-state index contributed by atoms with van der Waals surface area (Å²) in [6, 6.07) is 12.7. The van der Waals surface area contributed by atoms with E-state index in [1.54, 1.807) is 24.3 Å². The van der Waals surface area contributed by atoms with Gasteiger partial charge in [0.05, 0.1) is 9.95 Å². The number of benzene rings is 2. The largest absolute Gasteiger partial charge is 0.457 e. The van der Waals surface area contributed by atoms with E-state index < -0.39 is 10.8 Å². The van der Waals surface area contributed by atoms with Crippen molar-refractivity contribution in [3.63, 3.8) is 0 Å². The van der Waals surface area contributed by atoms with Crippen molar-refractivity contribution in [2.45, 2.75) is 6.92 Å². The summed E-state index contributed by atoms with van der Waals surface area (Å²) in [6.07, 6.45) is 1.27. The van der Waals surface area contributed by atoms with E-state index >= 15 is 0 Å². The van der Waals surface area contributed by atoms with Gasteiger partial charge in [-0.3, -0.25) is 14.9 Å². The normalized spacial score (nSPS) is 11.1. The molecule has 2 aromatic carbocycles. The molecule has 0 bridgehead atoms. The highest BCUT2D eigenvalue weighted by atomic mass is 79.9. The molecular formula is C21H12BrCl2N3O4. The molecule has 1 aromatic heterocycles. The van der Waals surface area contributed by atoms with Crippen molar-refractivity contribution < 1.29 is 14.1 Å². The van der Waals surface area contributed by atoms with Gasteiger partial charge in [-0.2, -0.15) is 5.26 Å². The SMILES string of the molecule is Cc1ccc(NC(=O)/C(C#N)=C\c2ccc(-c3cc(Cl)c(Br)c([N+](=O)[O-])c3)o2)cc1Cl. The van der Waals surface area contributed by atoms with E-state index in [1.807, 2.05) is 13.0 Å². The van der Waals surface area contributed by atoms with Crippen LogP contribution in [0.5, 0.6) is 0 Å². The van der Waals surface area contributed by atoms with E-state index in [4.69, 9.17) is 27.6 Å². The summed E-state index contributed by atoms with van der Waals surface area (Å²) in [5, 5.41) is 23.8. The Balaban J connectivity index is 1.87. The van der Waals surface area contributed by atoms with E-state index in [1.165, 1.54) is 24.3 Å². The first-order valence-corrected chi connectivity index (χ1v) is 10.2. The summed E-state index contributed by atoms with van der Waals surface area (Å²) in [4.78, 5) is 23.1. The van der Waals surface area contributed by atoms with Crippen molar-refractivity contribution in [3.8, 4) is 17.4 Å². The van der Waals surface area contributed by atoms with E-state index in [9.17, 15) is 20.2 Å². The molecule has 7 nitrogen and oxygen atoms in total. The zero-order valence-corrected chi connectivity index (χ0v) is 18.9. The summed E-state index contributed by atoms with van der Waals surface area (Å²) >= 11 is 15.2. The number of nitro groups is 1. The smallest absolute Gasteiger partial charge is 0.285 e. The number of nitriles is 1. The second kappa shape index (κ2) is 9.35. The van der Waals surface area contributed by atoms with Crippen LogP contribution in [0.25, 0.3) is 17.4 Å². The van der Waals surface area contributed by atoms with Crippen LogP contribution in [-0.4, -0.2) is 10.8 Å². The lowest BCUT2D eigenvalue weighted by atomic mass is 10.1. The third-order valence-electron chi connectivity index (χ3n) is 4.20. The number of hydrogen-bond acceptors (Lipinski definition) is 5. The van der Waals surface area contributed by atoms with Crippen LogP contribution in [0.1, 0.15) is 11.3 Å². The first-order valence-electron chi connectivity index (χ1n) is 8.62. The molecule has 3 aromatic rings. The Hall–Kier alpha value is -3.12. The van der Waals surface area contributed by atoms with Crippen LogP contribution >= 0.6 is 39.1 Å². The van der Waals surface area contributed by atoms with E-state index in [2.05, 4.69) is 21.2 Å². The molecule has 0 saturated carbocycles. The quantitative estimate of drug-likeness (QED) is 0.172. The molecular weight excluding hydrogens is 509 g/mol. The predicted octanol–water partition coefficient (Wildman–Crippen LogP) is 6.78. The lowest BCUT2D eigenvalue weighted by molar-refractivity contribution is -0.385. The summed E-state index contributed by atoms with van der Waals surface area (Å²) in [6.45, 7) is 1.83. The number of hydrogen-bond donors (Lipinski definition) is 1. The lowest BCUT2D eigenvalue weighted by Gasteiger charge is -2.06. The number of nitrogens with one attached hydrogen (secondary N) is 1. The number of rotatable bonds is 5. The minimum atomic E-state index is -0.636. The Morgan fingerprint density at radius 1 is 1.23 bits per heavy atom. The molecule has 1 heterocycles. The second-order valence-electron chi connectivity index (χ2n) is 6.34. The highest BCUT2D eigenvalue weighted by molar-refractivity contribution is 9.10. The molecule has 3 rings (SSSR count). The molecule has 0 atom stereocenters. The van der Waals surface area contributed by atoms with Crippen LogP contribution in [0, 0.1) is 28.4 Å². The molecule has 31 heavy (non-hydrogen) atoms. The van der Waals surface area contributed by atoms with Crippen molar-refractivity contribution in [1.29, 1.82) is 5.26 Å². The van der Waals surface area contributed by atoms with Gasteiger partial charge < -0.3 is 9.73 Å². The number of furan rings is 1. The van der Waals surface area contributed by atoms with Gasteiger partial charge in [0.1, 0.15) is 27.6 Å². The highest BCUT2D eigenvalue weighted by Gasteiger charge is 2.19. The molecule has 1 amide bonds. The summed E-state index contributed by atoms with van der Waals surface area (Å²) in [5.41, 5.74) is 1.25. The number of carbonyl (C=O) groups is 1. The third kappa shape index (κ3) is 5.14. The molecule has 10 heteroatoms. The number of anilines is 1. The van der Waals surface area contributed by atoms with Crippen molar-refractivity contribution in [2.24, 2.45) is 0 Å². The number of nitro benzene ring substituents is 1. The maximum Gasteiger partial charge on any atom is 0.285 e. The minimum absolute atomic E-state index is 0.145.